The van der Waals surface area contributed by atoms with Crippen molar-refractivity contribution in [2.75, 3.05) is 6.61 Å². The van der Waals surface area contributed by atoms with E-state index in [4.69, 9.17) is 0 Å². The number of carbonyl (C=O) groups is 3. The monoisotopic (exact) mass is 394 g/mol. The van der Waals surface area contributed by atoms with Crippen molar-refractivity contribution < 1.29 is 34.1 Å². The molecule has 4 rings (SSSR count). The topological polar surface area (TPSA) is 112 Å². The van der Waals surface area contributed by atoms with Crippen LogP contribution in [0.15, 0.2) is 11.6 Å². The molecular formula is C21H27FO6. The SMILES string of the molecule is C[C@]12CCC(=O)C=C1CC[C@H]1[C@@H]3C[C@@H](O)[C@](O)(C(=O)CO)[C@@]3(C)CC(=O)[C@@]12F. The predicted molar refractivity (Wildman–Crippen MR) is 95.9 cm³/mol. The van der Waals surface area contributed by atoms with Gasteiger partial charge in [-0.15, -0.1) is 0 Å². The van der Waals surface area contributed by atoms with Crippen LogP contribution in [0, 0.1) is 22.7 Å². The van der Waals surface area contributed by atoms with E-state index in [2.05, 4.69) is 0 Å². The molecule has 0 heterocycles. The summed E-state index contributed by atoms with van der Waals surface area (Å²) in [6, 6.07) is 0. The number of halogens is 1. The summed E-state index contributed by atoms with van der Waals surface area (Å²) in [6.07, 6.45) is 0.851. The number of ketones is 3. The molecule has 154 valence electrons. The fourth-order valence-corrected chi connectivity index (χ4v) is 6.93. The minimum atomic E-state index is -2.27. The second-order valence-corrected chi connectivity index (χ2v) is 9.55. The van der Waals surface area contributed by atoms with Gasteiger partial charge in [-0.05, 0) is 37.7 Å². The van der Waals surface area contributed by atoms with Crippen LogP contribution in [0.5, 0.6) is 0 Å². The Labute approximate surface area is 162 Å². The van der Waals surface area contributed by atoms with E-state index in [-0.39, 0.29) is 31.5 Å². The highest BCUT2D eigenvalue weighted by Gasteiger charge is 2.76. The van der Waals surface area contributed by atoms with Crippen LogP contribution in [0.4, 0.5) is 4.39 Å². The maximum Gasteiger partial charge on any atom is 0.192 e. The Morgan fingerprint density at radius 1 is 1.25 bits per heavy atom. The molecule has 0 spiro atoms. The van der Waals surface area contributed by atoms with E-state index >= 15 is 4.39 Å². The van der Waals surface area contributed by atoms with Crippen molar-refractivity contribution in [3.05, 3.63) is 11.6 Å². The molecule has 0 aromatic carbocycles. The van der Waals surface area contributed by atoms with E-state index in [1.54, 1.807) is 13.8 Å². The number of hydrogen-bond donors (Lipinski definition) is 3. The van der Waals surface area contributed by atoms with Gasteiger partial charge in [0.2, 0.25) is 0 Å². The van der Waals surface area contributed by atoms with Crippen LogP contribution in [-0.2, 0) is 14.4 Å². The lowest BCUT2D eigenvalue weighted by molar-refractivity contribution is -0.194. The molecule has 3 fully saturated rings. The summed E-state index contributed by atoms with van der Waals surface area (Å²) in [5, 5.41) is 31.0. The summed E-state index contributed by atoms with van der Waals surface area (Å²) in [5.74, 6) is -3.01. The number of aliphatic hydroxyl groups excluding tert-OH is 2. The summed E-state index contributed by atoms with van der Waals surface area (Å²) in [5.41, 5.74) is -6.24. The van der Waals surface area contributed by atoms with Gasteiger partial charge in [-0.2, -0.15) is 0 Å². The van der Waals surface area contributed by atoms with E-state index in [9.17, 15) is 29.7 Å². The van der Waals surface area contributed by atoms with E-state index in [1.807, 2.05) is 0 Å². The highest BCUT2D eigenvalue weighted by Crippen LogP contribution is 2.69. The molecule has 0 radical (unpaired) electrons. The lowest BCUT2D eigenvalue weighted by atomic mass is 9.44. The number of aliphatic hydroxyl groups is 3. The molecule has 7 atom stereocenters. The highest BCUT2D eigenvalue weighted by molar-refractivity contribution is 5.97. The number of alkyl halides is 1. The second-order valence-electron chi connectivity index (χ2n) is 9.55. The van der Waals surface area contributed by atoms with Gasteiger partial charge in [0.05, 0.1) is 6.10 Å². The number of hydrogen-bond acceptors (Lipinski definition) is 6. The predicted octanol–water partition coefficient (Wildman–Crippen LogP) is 1.05. The van der Waals surface area contributed by atoms with Gasteiger partial charge in [0.25, 0.3) is 0 Å². The van der Waals surface area contributed by atoms with Gasteiger partial charge in [0.15, 0.2) is 28.6 Å². The van der Waals surface area contributed by atoms with Gasteiger partial charge in [-0.1, -0.05) is 19.4 Å². The Kier molecular flexibility index (Phi) is 4.11. The highest BCUT2D eigenvalue weighted by atomic mass is 19.1. The quantitative estimate of drug-likeness (QED) is 0.646. The van der Waals surface area contributed by atoms with Crippen LogP contribution in [0.1, 0.15) is 52.4 Å². The Hall–Kier alpha value is -1.44. The first-order valence-electron chi connectivity index (χ1n) is 9.97. The normalized spacial score (nSPS) is 50.5. The van der Waals surface area contributed by atoms with E-state index in [0.717, 1.165) is 0 Å². The molecule has 0 unspecified atom stereocenters. The molecule has 7 heteroatoms. The summed E-state index contributed by atoms with van der Waals surface area (Å²) in [7, 11) is 0. The van der Waals surface area contributed by atoms with Crippen LogP contribution in [0.25, 0.3) is 0 Å². The van der Waals surface area contributed by atoms with E-state index in [0.29, 0.717) is 18.4 Å². The molecule has 28 heavy (non-hydrogen) atoms. The molecule has 0 saturated heterocycles. The van der Waals surface area contributed by atoms with Crippen LogP contribution in [0.3, 0.4) is 0 Å². The number of fused-ring (bicyclic) bond motifs is 5. The number of allylic oxidation sites excluding steroid dienone is 1. The van der Waals surface area contributed by atoms with Gasteiger partial charge in [0.1, 0.15) is 6.61 Å². The van der Waals surface area contributed by atoms with Gasteiger partial charge in [0, 0.05) is 29.6 Å². The van der Waals surface area contributed by atoms with Crippen molar-refractivity contribution in [2.45, 2.75) is 69.7 Å². The van der Waals surface area contributed by atoms with E-state index in [1.165, 1.54) is 6.08 Å². The molecule has 3 saturated carbocycles. The molecular weight excluding hydrogens is 367 g/mol. The molecule has 0 aromatic rings. The lowest BCUT2D eigenvalue weighted by Gasteiger charge is -2.60. The molecule has 0 amide bonds. The van der Waals surface area contributed by atoms with Gasteiger partial charge in [-0.25, -0.2) is 4.39 Å². The molecule has 0 aliphatic heterocycles. The fourth-order valence-electron chi connectivity index (χ4n) is 6.93. The minimum Gasteiger partial charge on any atom is -0.390 e. The second kappa shape index (κ2) is 5.80. The summed E-state index contributed by atoms with van der Waals surface area (Å²) in [6.45, 7) is 2.30. The van der Waals surface area contributed by atoms with Crippen LogP contribution in [0.2, 0.25) is 0 Å². The molecule has 6 nitrogen and oxygen atoms in total. The number of rotatable bonds is 2. The minimum absolute atomic E-state index is 0.00356. The Morgan fingerprint density at radius 3 is 2.57 bits per heavy atom. The standard InChI is InChI=1S/C21H27FO6/c1-18-6-5-12(24)7-11(18)3-4-13-14-8-15(25)21(28,17(27)10-23)19(14,2)9-16(26)20(13,18)22/h7,13-15,23,25,28H,3-6,8-10H2,1-2H3/t13-,14-,15+,18-,19-,20-,21-/m0/s1. The first kappa shape index (κ1) is 19.9. The third kappa shape index (κ3) is 2.00. The van der Waals surface area contributed by atoms with Crippen molar-refractivity contribution in [3.8, 4) is 0 Å². The third-order valence-electron chi connectivity index (χ3n) is 8.59. The summed E-state index contributed by atoms with van der Waals surface area (Å²) in [4.78, 5) is 37.5. The largest absolute Gasteiger partial charge is 0.390 e. The van der Waals surface area contributed by atoms with Crippen molar-refractivity contribution in [1.29, 1.82) is 0 Å². The smallest absolute Gasteiger partial charge is 0.192 e. The van der Waals surface area contributed by atoms with Crippen LogP contribution < -0.4 is 0 Å². The Balaban J connectivity index is 1.84. The first-order chi connectivity index (χ1) is 13.0. The van der Waals surface area contributed by atoms with Crippen molar-refractivity contribution in [3.63, 3.8) is 0 Å². The molecule has 0 bridgehead atoms. The lowest BCUT2D eigenvalue weighted by Crippen LogP contribution is -2.68. The first-order valence-corrected chi connectivity index (χ1v) is 9.97. The maximum atomic E-state index is 16.7. The molecule has 3 N–H and O–H groups in total. The molecule has 4 aliphatic carbocycles. The van der Waals surface area contributed by atoms with Gasteiger partial charge < -0.3 is 15.3 Å². The third-order valence-corrected chi connectivity index (χ3v) is 8.59. The van der Waals surface area contributed by atoms with Crippen LogP contribution >= 0.6 is 0 Å². The molecule has 0 aromatic heterocycles. The average Bonchev–Trinajstić information content (AvgIpc) is 2.84. The summed E-state index contributed by atoms with van der Waals surface area (Å²) >= 11 is 0. The van der Waals surface area contributed by atoms with Crippen molar-refractivity contribution in [2.24, 2.45) is 22.7 Å². The Morgan fingerprint density at radius 2 is 1.93 bits per heavy atom. The zero-order valence-corrected chi connectivity index (χ0v) is 16.2. The van der Waals surface area contributed by atoms with Crippen LogP contribution in [-0.4, -0.2) is 56.6 Å². The van der Waals surface area contributed by atoms with Crippen molar-refractivity contribution in [1.82, 2.24) is 0 Å². The molecule has 4 aliphatic rings. The average molecular weight is 394 g/mol. The fraction of sp³-hybridized carbons (Fsp3) is 0.762. The number of Topliss-reactive ketones (excluding diaryl/α,β-unsaturated/α-hetero) is 2. The van der Waals surface area contributed by atoms with Crippen molar-refractivity contribution >= 4 is 17.3 Å². The zero-order valence-electron chi connectivity index (χ0n) is 16.2. The number of carbonyl (C=O) groups excluding carboxylic acids is 3. The van der Waals surface area contributed by atoms with E-state index < -0.39 is 58.2 Å². The maximum absolute atomic E-state index is 16.7. The summed E-state index contributed by atoms with van der Waals surface area (Å²) < 4.78 is 16.7. The Bertz CT molecular complexity index is 807. The zero-order chi connectivity index (χ0) is 20.7. The van der Waals surface area contributed by atoms with Gasteiger partial charge >= 0.3 is 0 Å². The van der Waals surface area contributed by atoms with Gasteiger partial charge in [-0.3, -0.25) is 14.4 Å².